The molecular formula is C24H26N4O2. The molecule has 6 heteroatoms. The van der Waals surface area contributed by atoms with Gasteiger partial charge in [0.25, 0.3) is 5.91 Å². The molecule has 3 aromatic carbocycles. The van der Waals surface area contributed by atoms with Crippen LogP contribution < -0.4 is 21.0 Å². The van der Waals surface area contributed by atoms with Crippen LogP contribution in [0, 0.1) is 0 Å². The topological polar surface area (TPSA) is 74.8 Å². The second kappa shape index (κ2) is 9.07. The van der Waals surface area contributed by atoms with Crippen LogP contribution in [0.2, 0.25) is 0 Å². The lowest BCUT2D eigenvalue weighted by atomic mass is 9.99. The molecule has 4 rings (SSSR count). The van der Waals surface area contributed by atoms with Crippen LogP contribution in [0.3, 0.4) is 0 Å². The SMILES string of the molecule is CCOc1ccc(/C(C)=N/NC(=O)C2CC(c3ccc4ccccc4c3)NN2)cc1. The van der Waals surface area contributed by atoms with E-state index in [0.717, 1.165) is 22.6 Å². The van der Waals surface area contributed by atoms with Crippen LogP contribution in [0.1, 0.15) is 37.4 Å². The van der Waals surface area contributed by atoms with Gasteiger partial charge in [-0.3, -0.25) is 4.79 Å². The molecule has 6 nitrogen and oxygen atoms in total. The molecule has 2 unspecified atom stereocenters. The predicted octanol–water partition coefficient (Wildman–Crippen LogP) is 3.69. The Morgan fingerprint density at radius 1 is 1.07 bits per heavy atom. The fourth-order valence-corrected chi connectivity index (χ4v) is 3.61. The van der Waals surface area contributed by atoms with Crippen molar-refractivity contribution < 1.29 is 9.53 Å². The summed E-state index contributed by atoms with van der Waals surface area (Å²) in [7, 11) is 0. The molecule has 0 aliphatic carbocycles. The molecule has 154 valence electrons. The summed E-state index contributed by atoms with van der Waals surface area (Å²) >= 11 is 0. The van der Waals surface area contributed by atoms with E-state index >= 15 is 0 Å². The Hall–Kier alpha value is -3.22. The van der Waals surface area contributed by atoms with Crippen LogP contribution in [0.25, 0.3) is 10.8 Å². The molecular weight excluding hydrogens is 376 g/mol. The number of nitrogens with zero attached hydrogens (tertiary/aromatic N) is 1. The van der Waals surface area contributed by atoms with Crippen molar-refractivity contribution in [2.24, 2.45) is 5.10 Å². The highest BCUT2D eigenvalue weighted by molar-refractivity contribution is 5.99. The van der Waals surface area contributed by atoms with Gasteiger partial charge in [-0.2, -0.15) is 5.10 Å². The van der Waals surface area contributed by atoms with E-state index < -0.39 is 0 Å². The molecule has 0 radical (unpaired) electrons. The first-order chi connectivity index (χ1) is 14.6. The molecule has 1 amide bonds. The Balaban J connectivity index is 1.36. The van der Waals surface area contributed by atoms with Crippen molar-refractivity contribution in [3.63, 3.8) is 0 Å². The number of rotatable bonds is 6. The minimum Gasteiger partial charge on any atom is -0.494 e. The van der Waals surface area contributed by atoms with Gasteiger partial charge in [0.2, 0.25) is 0 Å². The zero-order chi connectivity index (χ0) is 20.9. The van der Waals surface area contributed by atoms with Gasteiger partial charge in [0.15, 0.2) is 0 Å². The average molecular weight is 402 g/mol. The Morgan fingerprint density at radius 3 is 2.60 bits per heavy atom. The number of benzene rings is 3. The van der Waals surface area contributed by atoms with Gasteiger partial charge in [-0.1, -0.05) is 36.4 Å². The normalized spacial score (nSPS) is 19.1. The first-order valence-electron chi connectivity index (χ1n) is 10.2. The zero-order valence-corrected chi connectivity index (χ0v) is 17.2. The largest absolute Gasteiger partial charge is 0.494 e. The molecule has 2 atom stereocenters. The van der Waals surface area contributed by atoms with Gasteiger partial charge < -0.3 is 4.74 Å². The van der Waals surface area contributed by atoms with Gasteiger partial charge in [-0.25, -0.2) is 16.3 Å². The van der Waals surface area contributed by atoms with Crippen molar-refractivity contribution in [2.45, 2.75) is 32.4 Å². The Kier molecular flexibility index (Phi) is 6.07. The quantitative estimate of drug-likeness (QED) is 0.434. The van der Waals surface area contributed by atoms with E-state index in [4.69, 9.17) is 4.74 Å². The Labute approximate surface area is 176 Å². The fraction of sp³-hybridized carbons (Fsp3) is 0.250. The fourth-order valence-electron chi connectivity index (χ4n) is 3.61. The highest BCUT2D eigenvalue weighted by Gasteiger charge is 2.30. The highest BCUT2D eigenvalue weighted by Crippen LogP contribution is 2.25. The second-order valence-electron chi connectivity index (χ2n) is 7.37. The average Bonchev–Trinajstić information content (AvgIpc) is 3.28. The van der Waals surface area contributed by atoms with Crippen LogP contribution in [0.4, 0.5) is 0 Å². The summed E-state index contributed by atoms with van der Waals surface area (Å²) in [6.07, 6.45) is 0.655. The van der Waals surface area contributed by atoms with Crippen LogP contribution in [-0.4, -0.2) is 24.3 Å². The zero-order valence-electron chi connectivity index (χ0n) is 17.2. The maximum absolute atomic E-state index is 12.6. The molecule has 1 aliphatic heterocycles. The second-order valence-corrected chi connectivity index (χ2v) is 7.37. The lowest BCUT2D eigenvalue weighted by Crippen LogP contribution is -2.41. The number of hydrogen-bond donors (Lipinski definition) is 3. The van der Waals surface area contributed by atoms with Gasteiger partial charge in [0.05, 0.1) is 12.3 Å². The molecule has 1 aliphatic rings. The first-order valence-corrected chi connectivity index (χ1v) is 10.2. The van der Waals surface area contributed by atoms with Crippen molar-refractivity contribution in [1.82, 2.24) is 16.3 Å². The van der Waals surface area contributed by atoms with Gasteiger partial charge in [0.1, 0.15) is 11.8 Å². The molecule has 1 saturated heterocycles. The van der Waals surface area contributed by atoms with E-state index in [9.17, 15) is 4.79 Å². The van der Waals surface area contributed by atoms with Crippen molar-refractivity contribution in [2.75, 3.05) is 6.61 Å². The third kappa shape index (κ3) is 4.50. The number of hydrazone groups is 1. The molecule has 0 bridgehead atoms. The lowest BCUT2D eigenvalue weighted by Gasteiger charge is -2.11. The Bertz CT molecular complexity index is 1060. The van der Waals surface area contributed by atoms with E-state index in [1.54, 1.807) is 0 Å². The van der Waals surface area contributed by atoms with Crippen molar-refractivity contribution in [1.29, 1.82) is 0 Å². The van der Waals surface area contributed by atoms with E-state index in [1.807, 2.05) is 50.2 Å². The number of ether oxygens (including phenoxy) is 1. The summed E-state index contributed by atoms with van der Waals surface area (Å²) in [5.74, 6) is 0.662. The highest BCUT2D eigenvalue weighted by atomic mass is 16.5. The van der Waals surface area contributed by atoms with Gasteiger partial charge in [-0.15, -0.1) is 0 Å². The summed E-state index contributed by atoms with van der Waals surface area (Å²) in [5, 5.41) is 6.67. The number of hydrazine groups is 1. The summed E-state index contributed by atoms with van der Waals surface area (Å²) in [5.41, 5.74) is 11.8. The third-order valence-electron chi connectivity index (χ3n) is 5.31. The maximum atomic E-state index is 12.6. The first kappa shape index (κ1) is 20.1. The number of fused-ring (bicyclic) bond motifs is 1. The van der Waals surface area contributed by atoms with Gasteiger partial charge >= 0.3 is 0 Å². The summed E-state index contributed by atoms with van der Waals surface area (Å²) in [6, 6.07) is 22.0. The van der Waals surface area contributed by atoms with Crippen molar-refractivity contribution >= 4 is 22.4 Å². The van der Waals surface area contributed by atoms with Crippen LogP contribution in [0.15, 0.2) is 71.8 Å². The molecule has 1 heterocycles. The van der Waals surface area contributed by atoms with Crippen molar-refractivity contribution in [3.05, 3.63) is 77.9 Å². The number of carbonyl (C=O) groups is 1. The van der Waals surface area contributed by atoms with E-state index in [0.29, 0.717) is 13.0 Å². The molecule has 0 spiro atoms. The van der Waals surface area contributed by atoms with Gasteiger partial charge in [-0.05, 0) is 72.5 Å². The monoisotopic (exact) mass is 402 g/mol. The van der Waals surface area contributed by atoms with Gasteiger partial charge in [0, 0.05) is 6.04 Å². The molecule has 0 saturated carbocycles. The minimum absolute atomic E-state index is 0.0709. The molecule has 30 heavy (non-hydrogen) atoms. The summed E-state index contributed by atoms with van der Waals surface area (Å²) < 4.78 is 5.45. The molecule has 1 fully saturated rings. The van der Waals surface area contributed by atoms with Crippen LogP contribution in [-0.2, 0) is 4.79 Å². The predicted molar refractivity (Wildman–Crippen MR) is 119 cm³/mol. The molecule has 0 aromatic heterocycles. The van der Waals surface area contributed by atoms with E-state index in [2.05, 4.69) is 51.7 Å². The number of hydrogen-bond acceptors (Lipinski definition) is 5. The number of nitrogens with one attached hydrogen (secondary N) is 3. The summed E-state index contributed by atoms with van der Waals surface area (Å²) in [6.45, 7) is 4.45. The Morgan fingerprint density at radius 2 is 1.83 bits per heavy atom. The van der Waals surface area contributed by atoms with E-state index in [-0.39, 0.29) is 18.0 Å². The third-order valence-corrected chi connectivity index (χ3v) is 5.31. The number of amides is 1. The van der Waals surface area contributed by atoms with Crippen LogP contribution >= 0.6 is 0 Å². The molecule has 3 aromatic rings. The number of carbonyl (C=O) groups excluding carboxylic acids is 1. The van der Waals surface area contributed by atoms with Crippen LogP contribution in [0.5, 0.6) is 5.75 Å². The van der Waals surface area contributed by atoms with Crippen molar-refractivity contribution in [3.8, 4) is 5.75 Å². The summed E-state index contributed by atoms with van der Waals surface area (Å²) in [4.78, 5) is 12.6. The maximum Gasteiger partial charge on any atom is 0.258 e. The smallest absolute Gasteiger partial charge is 0.258 e. The standard InChI is InChI=1S/C24H26N4O2/c1-3-30-21-12-10-17(11-13-21)16(2)25-28-24(29)23-15-22(26-27-23)20-9-8-18-6-4-5-7-19(18)14-20/h4-14,22-23,26-27H,3,15H2,1-2H3,(H,28,29)/b25-16+. The molecule has 3 N–H and O–H groups in total. The lowest BCUT2D eigenvalue weighted by molar-refractivity contribution is -0.122. The minimum atomic E-state index is -0.349. The van der Waals surface area contributed by atoms with E-state index in [1.165, 1.54) is 10.8 Å².